The summed E-state index contributed by atoms with van der Waals surface area (Å²) in [5, 5.41) is 0. The Kier molecular flexibility index (Phi) is 5.21. The van der Waals surface area contributed by atoms with Gasteiger partial charge in [0.1, 0.15) is 11.2 Å². The molecule has 0 saturated carbocycles. The zero-order valence-corrected chi connectivity index (χ0v) is 11.0. The number of Topliss-reactive ketones (excluding diaryl/α,β-unsaturated/α-hetero) is 1. The first-order chi connectivity index (χ1) is 7.17. The summed E-state index contributed by atoms with van der Waals surface area (Å²) in [5.74, 6) is -0.768. The maximum atomic E-state index is 11.8. The molecule has 0 aromatic rings. The van der Waals surface area contributed by atoms with Gasteiger partial charge in [-0.3, -0.25) is 4.79 Å². The number of esters is 1. The van der Waals surface area contributed by atoms with E-state index in [-0.39, 0.29) is 11.4 Å². The highest BCUT2D eigenvalue weighted by Crippen LogP contribution is 2.12. The maximum Gasteiger partial charge on any atom is 0.343 e. The minimum atomic E-state index is -0.587. The van der Waals surface area contributed by atoms with E-state index in [4.69, 9.17) is 4.74 Å². The molecule has 0 N–H and O–H groups in total. The van der Waals surface area contributed by atoms with Crippen LogP contribution in [0.15, 0.2) is 11.8 Å². The van der Waals surface area contributed by atoms with Crippen molar-refractivity contribution in [2.24, 2.45) is 0 Å². The molecule has 0 aliphatic heterocycles. The van der Waals surface area contributed by atoms with E-state index in [1.54, 1.807) is 46.7 Å². The third-order valence-corrected chi connectivity index (χ3v) is 1.63. The molecule has 0 fully saturated rings. The minimum absolute atomic E-state index is 0.0995. The number of ketones is 1. The predicted octanol–water partition coefficient (Wildman–Crippen LogP) is 1.75. The molecule has 0 spiro atoms. The van der Waals surface area contributed by atoms with Gasteiger partial charge in [-0.15, -0.1) is 0 Å². The first kappa shape index (κ1) is 14.7. The van der Waals surface area contributed by atoms with E-state index in [1.807, 2.05) is 0 Å². The lowest BCUT2D eigenvalue weighted by atomic mass is 10.1. The second kappa shape index (κ2) is 5.68. The van der Waals surface area contributed by atoms with Crippen LogP contribution in [0.25, 0.3) is 0 Å². The molecular weight excluding hydrogens is 206 g/mol. The quantitative estimate of drug-likeness (QED) is 0.318. The number of carbonyl (C=O) groups excluding carboxylic acids is 2. The van der Waals surface area contributed by atoms with Crippen LogP contribution in [0, 0.1) is 0 Å². The van der Waals surface area contributed by atoms with Crippen molar-refractivity contribution < 1.29 is 14.3 Å². The van der Waals surface area contributed by atoms with Crippen molar-refractivity contribution in [1.29, 1.82) is 0 Å². The van der Waals surface area contributed by atoms with Crippen LogP contribution in [-0.2, 0) is 14.3 Å². The summed E-state index contributed by atoms with van der Waals surface area (Å²) in [5.41, 5.74) is -0.487. The normalized spacial score (nSPS) is 12.2. The fourth-order valence-corrected chi connectivity index (χ4v) is 1.02. The van der Waals surface area contributed by atoms with Gasteiger partial charge >= 0.3 is 5.97 Å². The van der Waals surface area contributed by atoms with E-state index in [0.29, 0.717) is 6.42 Å². The van der Waals surface area contributed by atoms with Gasteiger partial charge in [0.2, 0.25) is 0 Å². The smallest absolute Gasteiger partial charge is 0.343 e. The molecule has 0 aliphatic carbocycles. The summed E-state index contributed by atoms with van der Waals surface area (Å²) in [6.45, 7) is 7.04. The molecule has 0 aliphatic rings. The third-order valence-electron chi connectivity index (χ3n) is 1.63. The van der Waals surface area contributed by atoms with Crippen LogP contribution in [-0.4, -0.2) is 36.3 Å². The van der Waals surface area contributed by atoms with Crippen LogP contribution in [0.5, 0.6) is 0 Å². The molecule has 4 heteroatoms. The van der Waals surface area contributed by atoms with Gasteiger partial charge in [0, 0.05) is 26.7 Å². The number of carbonyl (C=O) groups is 2. The summed E-state index contributed by atoms with van der Waals surface area (Å²) < 4.78 is 5.17. The molecule has 0 radical (unpaired) electrons. The van der Waals surface area contributed by atoms with Crippen molar-refractivity contribution in [3.05, 3.63) is 11.8 Å². The van der Waals surface area contributed by atoms with E-state index < -0.39 is 11.6 Å². The second-order valence-electron chi connectivity index (χ2n) is 4.79. The molecule has 0 amide bonds. The van der Waals surface area contributed by atoms with Crippen LogP contribution in [0.4, 0.5) is 0 Å². The fraction of sp³-hybridized carbons (Fsp3) is 0.667. The number of hydrogen-bond acceptors (Lipinski definition) is 4. The van der Waals surface area contributed by atoms with Gasteiger partial charge in [-0.2, -0.15) is 0 Å². The highest BCUT2D eigenvalue weighted by atomic mass is 16.6. The molecule has 0 heterocycles. The Balaban J connectivity index is 4.93. The summed E-state index contributed by atoms with van der Waals surface area (Å²) in [7, 11) is 3.51. The van der Waals surface area contributed by atoms with Gasteiger partial charge < -0.3 is 9.64 Å². The third kappa shape index (κ3) is 5.53. The van der Waals surface area contributed by atoms with E-state index in [1.165, 1.54) is 6.20 Å². The summed E-state index contributed by atoms with van der Waals surface area (Å²) in [6, 6.07) is 0. The molecule has 0 aromatic carbocycles. The average Bonchev–Trinajstić information content (AvgIpc) is 2.09. The van der Waals surface area contributed by atoms with Crippen LogP contribution in [0.3, 0.4) is 0 Å². The lowest BCUT2D eigenvalue weighted by Crippen LogP contribution is -2.28. The van der Waals surface area contributed by atoms with Gasteiger partial charge in [-0.1, -0.05) is 6.92 Å². The number of rotatable bonds is 4. The van der Waals surface area contributed by atoms with Gasteiger partial charge in [-0.25, -0.2) is 4.79 Å². The Hall–Kier alpha value is -1.32. The standard InChI is InChI=1S/C12H21NO3/c1-7-10(14)9(8-13(5)6)11(15)16-12(2,3)4/h8H,7H2,1-6H3/b9-8+. The van der Waals surface area contributed by atoms with Crippen molar-refractivity contribution in [2.75, 3.05) is 14.1 Å². The highest BCUT2D eigenvalue weighted by molar-refractivity contribution is 6.17. The van der Waals surface area contributed by atoms with E-state index in [2.05, 4.69) is 0 Å². The fourth-order valence-electron chi connectivity index (χ4n) is 1.02. The predicted molar refractivity (Wildman–Crippen MR) is 62.9 cm³/mol. The Morgan fingerprint density at radius 2 is 1.75 bits per heavy atom. The van der Waals surface area contributed by atoms with Crippen molar-refractivity contribution in [3.8, 4) is 0 Å². The summed E-state index contributed by atoms with van der Waals surface area (Å²) in [6.07, 6.45) is 1.79. The van der Waals surface area contributed by atoms with Crippen LogP contribution in [0.2, 0.25) is 0 Å². The molecule has 0 bridgehead atoms. The summed E-state index contributed by atoms with van der Waals surface area (Å²) >= 11 is 0. The SMILES string of the molecule is CCC(=O)/C(=C\N(C)C)C(=O)OC(C)(C)C. The molecule has 0 saturated heterocycles. The van der Waals surface area contributed by atoms with Crippen molar-refractivity contribution >= 4 is 11.8 Å². The first-order valence-electron chi connectivity index (χ1n) is 5.32. The zero-order chi connectivity index (χ0) is 12.9. The molecule has 92 valence electrons. The van der Waals surface area contributed by atoms with Gasteiger partial charge in [-0.05, 0) is 20.8 Å². The van der Waals surface area contributed by atoms with Crippen molar-refractivity contribution in [2.45, 2.75) is 39.7 Å². The Morgan fingerprint density at radius 3 is 2.06 bits per heavy atom. The summed E-state index contributed by atoms with van der Waals surface area (Å²) in [4.78, 5) is 25.0. The lowest BCUT2D eigenvalue weighted by molar-refractivity contribution is -0.150. The molecular formula is C12H21NO3. The van der Waals surface area contributed by atoms with Crippen molar-refractivity contribution in [1.82, 2.24) is 4.90 Å². The van der Waals surface area contributed by atoms with Crippen LogP contribution in [0.1, 0.15) is 34.1 Å². The Bertz CT molecular complexity index is 298. The van der Waals surface area contributed by atoms with Gasteiger partial charge in [0.05, 0.1) is 0 Å². The van der Waals surface area contributed by atoms with Crippen LogP contribution >= 0.6 is 0 Å². The largest absolute Gasteiger partial charge is 0.456 e. The Morgan fingerprint density at radius 1 is 1.25 bits per heavy atom. The maximum absolute atomic E-state index is 11.8. The second-order valence-corrected chi connectivity index (χ2v) is 4.79. The number of hydrogen-bond donors (Lipinski definition) is 0. The van der Waals surface area contributed by atoms with E-state index in [0.717, 1.165) is 0 Å². The molecule has 16 heavy (non-hydrogen) atoms. The number of nitrogens with zero attached hydrogens (tertiary/aromatic N) is 1. The minimum Gasteiger partial charge on any atom is -0.456 e. The number of ether oxygens (including phenoxy) is 1. The van der Waals surface area contributed by atoms with E-state index >= 15 is 0 Å². The van der Waals surface area contributed by atoms with Gasteiger partial charge in [0.15, 0.2) is 5.78 Å². The van der Waals surface area contributed by atoms with Gasteiger partial charge in [0.25, 0.3) is 0 Å². The molecule has 0 aromatic heterocycles. The molecule has 4 nitrogen and oxygen atoms in total. The molecule has 0 rings (SSSR count). The molecule has 0 atom stereocenters. The lowest BCUT2D eigenvalue weighted by Gasteiger charge is -2.20. The van der Waals surface area contributed by atoms with Crippen molar-refractivity contribution in [3.63, 3.8) is 0 Å². The highest BCUT2D eigenvalue weighted by Gasteiger charge is 2.23. The Labute approximate surface area is 97.3 Å². The van der Waals surface area contributed by atoms with E-state index in [9.17, 15) is 9.59 Å². The molecule has 0 unspecified atom stereocenters. The monoisotopic (exact) mass is 227 g/mol. The average molecular weight is 227 g/mol. The first-order valence-corrected chi connectivity index (χ1v) is 5.32. The topological polar surface area (TPSA) is 46.6 Å². The zero-order valence-electron chi connectivity index (χ0n) is 11.0. The van der Waals surface area contributed by atoms with Crippen LogP contribution < -0.4 is 0 Å².